The van der Waals surface area contributed by atoms with Crippen LogP contribution in [0.4, 0.5) is 0 Å². The summed E-state index contributed by atoms with van der Waals surface area (Å²) in [6.45, 7) is 3.85. The predicted octanol–water partition coefficient (Wildman–Crippen LogP) is 5.02. The van der Waals surface area contributed by atoms with Crippen LogP contribution in [0.1, 0.15) is 29.4 Å². The molecule has 2 heterocycles. The van der Waals surface area contributed by atoms with E-state index in [9.17, 15) is 4.79 Å². The molecule has 0 fully saturated rings. The lowest BCUT2D eigenvalue weighted by Gasteiger charge is -2.23. The van der Waals surface area contributed by atoms with Crippen LogP contribution in [0.25, 0.3) is 21.7 Å². The minimum Gasteiger partial charge on any atom is -0.441 e. The third kappa shape index (κ3) is 3.55. The van der Waals surface area contributed by atoms with Crippen molar-refractivity contribution >= 4 is 27.5 Å². The van der Waals surface area contributed by atoms with Crippen LogP contribution < -0.4 is 0 Å². The first kappa shape index (κ1) is 18.4. The van der Waals surface area contributed by atoms with Crippen LogP contribution in [0.3, 0.4) is 0 Å². The van der Waals surface area contributed by atoms with E-state index in [0.29, 0.717) is 17.3 Å². The van der Waals surface area contributed by atoms with E-state index in [-0.39, 0.29) is 18.4 Å². The first-order chi connectivity index (χ1) is 13.5. The number of likely N-dealkylation sites (N-methyl/N-ethyl adjacent to an activating group) is 1. The van der Waals surface area contributed by atoms with Gasteiger partial charge in [-0.25, -0.2) is 9.97 Å². The molecule has 0 aliphatic rings. The number of hydrogen-bond acceptors (Lipinski definition) is 5. The number of fused-ring (bicyclic) bond motifs is 1. The first-order valence-corrected chi connectivity index (χ1v) is 9.97. The summed E-state index contributed by atoms with van der Waals surface area (Å²) in [5.74, 6) is 1.21. The number of aromatic nitrogens is 2. The van der Waals surface area contributed by atoms with Gasteiger partial charge < -0.3 is 9.32 Å². The number of amides is 1. The summed E-state index contributed by atoms with van der Waals surface area (Å²) < 4.78 is 6.90. The highest BCUT2D eigenvalue weighted by Crippen LogP contribution is 2.29. The van der Waals surface area contributed by atoms with Gasteiger partial charge in [0, 0.05) is 12.6 Å². The Morgan fingerprint density at radius 2 is 1.82 bits per heavy atom. The van der Waals surface area contributed by atoms with Gasteiger partial charge >= 0.3 is 0 Å². The molecule has 0 N–H and O–H groups in total. The topological polar surface area (TPSA) is 59.2 Å². The Morgan fingerprint density at radius 1 is 1.11 bits per heavy atom. The number of hydrogen-bond donors (Lipinski definition) is 0. The third-order valence-corrected chi connectivity index (χ3v) is 6.08. The first-order valence-electron chi connectivity index (χ1n) is 9.16. The van der Waals surface area contributed by atoms with E-state index >= 15 is 0 Å². The summed E-state index contributed by atoms with van der Waals surface area (Å²) in [7, 11) is 1.81. The van der Waals surface area contributed by atoms with Crippen molar-refractivity contribution in [3.8, 4) is 11.5 Å². The molecule has 0 aliphatic carbocycles. The van der Waals surface area contributed by atoms with Gasteiger partial charge in [-0.15, -0.1) is 11.3 Å². The molecule has 2 aromatic carbocycles. The van der Waals surface area contributed by atoms with Gasteiger partial charge in [-0.05, 0) is 38.1 Å². The summed E-state index contributed by atoms with van der Waals surface area (Å²) in [6, 6.07) is 17.6. The number of benzene rings is 2. The Kier molecular flexibility index (Phi) is 4.96. The standard InChI is InChI=1S/C22H21N3O2S/c1-14(22-24-17-11-7-8-12-19(17)28-22)25(3)20(26)13-18-15(2)27-21(23-18)16-9-5-4-6-10-16/h4-12,14H,13H2,1-3H3. The quantitative estimate of drug-likeness (QED) is 0.479. The maximum atomic E-state index is 12.9. The number of rotatable bonds is 5. The lowest BCUT2D eigenvalue weighted by atomic mass is 10.2. The Hall–Kier alpha value is -2.99. The number of nitrogens with zero attached hydrogens (tertiary/aromatic N) is 3. The van der Waals surface area contributed by atoms with Crippen molar-refractivity contribution in [3.05, 3.63) is 71.1 Å². The summed E-state index contributed by atoms with van der Waals surface area (Å²) in [6.07, 6.45) is 0.202. The SMILES string of the molecule is Cc1oc(-c2ccccc2)nc1CC(=O)N(C)C(C)c1nc2ccccc2s1. The molecular weight excluding hydrogens is 370 g/mol. The van der Waals surface area contributed by atoms with Crippen molar-refractivity contribution in [1.82, 2.24) is 14.9 Å². The van der Waals surface area contributed by atoms with Gasteiger partial charge in [0.05, 0.1) is 28.4 Å². The van der Waals surface area contributed by atoms with Crippen LogP contribution in [-0.4, -0.2) is 27.8 Å². The average Bonchev–Trinajstić information content (AvgIpc) is 3.31. The van der Waals surface area contributed by atoms with Gasteiger partial charge in [-0.3, -0.25) is 4.79 Å². The van der Waals surface area contributed by atoms with Crippen molar-refractivity contribution in [2.24, 2.45) is 0 Å². The van der Waals surface area contributed by atoms with Crippen molar-refractivity contribution in [2.45, 2.75) is 26.3 Å². The van der Waals surface area contributed by atoms with Gasteiger partial charge in [0.25, 0.3) is 0 Å². The highest BCUT2D eigenvalue weighted by molar-refractivity contribution is 7.18. The van der Waals surface area contributed by atoms with Gasteiger partial charge in [-0.2, -0.15) is 0 Å². The van der Waals surface area contributed by atoms with Crippen molar-refractivity contribution in [1.29, 1.82) is 0 Å². The fourth-order valence-electron chi connectivity index (χ4n) is 3.01. The summed E-state index contributed by atoms with van der Waals surface area (Å²) in [4.78, 5) is 23.8. The zero-order valence-electron chi connectivity index (χ0n) is 16.0. The van der Waals surface area contributed by atoms with Crippen LogP contribution in [0.15, 0.2) is 59.0 Å². The molecule has 0 saturated carbocycles. The average molecular weight is 391 g/mol. The van der Waals surface area contributed by atoms with Crippen molar-refractivity contribution in [3.63, 3.8) is 0 Å². The molecular formula is C22H21N3O2S. The molecule has 0 aliphatic heterocycles. The number of thiazole rings is 1. The van der Waals surface area contributed by atoms with Gasteiger partial charge in [-0.1, -0.05) is 30.3 Å². The Bertz CT molecular complexity index is 1080. The van der Waals surface area contributed by atoms with Gasteiger partial charge in [0.2, 0.25) is 11.8 Å². The molecule has 2 aromatic heterocycles. The molecule has 0 saturated heterocycles. The Labute approximate surface area is 167 Å². The van der Waals surface area contributed by atoms with E-state index in [1.807, 2.05) is 69.4 Å². The molecule has 1 amide bonds. The van der Waals surface area contributed by atoms with Crippen molar-refractivity contribution < 1.29 is 9.21 Å². The fourth-order valence-corrected chi connectivity index (χ4v) is 4.08. The summed E-state index contributed by atoms with van der Waals surface area (Å²) in [5.41, 5.74) is 2.54. The molecule has 1 unspecified atom stereocenters. The molecule has 0 spiro atoms. The monoisotopic (exact) mass is 391 g/mol. The number of oxazole rings is 1. The second-order valence-corrected chi connectivity index (χ2v) is 7.83. The molecule has 142 valence electrons. The van der Waals surface area contributed by atoms with E-state index in [0.717, 1.165) is 20.8 Å². The number of para-hydroxylation sites is 1. The van der Waals surface area contributed by atoms with Crippen LogP contribution in [0, 0.1) is 6.92 Å². The smallest absolute Gasteiger partial charge is 0.229 e. The lowest BCUT2D eigenvalue weighted by molar-refractivity contribution is -0.131. The maximum Gasteiger partial charge on any atom is 0.229 e. The largest absolute Gasteiger partial charge is 0.441 e. The number of aryl methyl sites for hydroxylation is 1. The highest BCUT2D eigenvalue weighted by Gasteiger charge is 2.23. The minimum atomic E-state index is -0.106. The molecule has 4 rings (SSSR count). The van der Waals surface area contributed by atoms with Gasteiger partial charge in [0.15, 0.2) is 0 Å². The molecule has 6 heteroatoms. The van der Waals surface area contributed by atoms with E-state index in [4.69, 9.17) is 4.42 Å². The second kappa shape index (κ2) is 7.56. The number of carbonyl (C=O) groups is 1. The van der Waals surface area contributed by atoms with E-state index in [1.165, 1.54) is 0 Å². The van der Waals surface area contributed by atoms with Crippen LogP contribution >= 0.6 is 11.3 Å². The minimum absolute atomic E-state index is 0.0113. The van der Waals surface area contributed by atoms with Crippen LogP contribution in [-0.2, 0) is 11.2 Å². The predicted molar refractivity (Wildman–Crippen MR) is 111 cm³/mol. The molecule has 4 aromatic rings. The van der Waals surface area contributed by atoms with Gasteiger partial charge in [0.1, 0.15) is 10.8 Å². The van der Waals surface area contributed by atoms with Crippen LogP contribution in [0.5, 0.6) is 0 Å². The Morgan fingerprint density at radius 3 is 2.57 bits per heavy atom. The molecule has 5 nitrogen and oxygen atoms in total. The summed E-state index contributed by atoms with van der Waals surface area (Å²) in [5, 5.41) is 0.930. The summed E-state index contributed by atoms with van der Waals surface area (Å²) >= 11 is 1.62. The highest BCUT2D eigenvalue weighted by atomic mass is 32.1. The maximum absolute atomic E-state index is 12.9. The molecule has 28 heavy (non-hydrogen) atoms. The number of carbonyl (C=O) groups excluding carboxylic acids is 1. The van der Waals surface area contributed by atoms with E-state index in [2.05, 4.69) is 16.0 Å². The lowest BCUT2D eigenvalue weighted by Crippen LogP contribution is -2.31. The molecule has 0 bridgehead atoms. The Balaban J connectivity index is 1.50. The molecule has 0 radical (unpaired) electrons. The van der Waals surface area contributed by atoms with Crippen molar-refractivity contribution in [2.75, 3.05) is 7.05 Å². The third-order valence-electron chi connectivity index (χ3n) is 4.87. The zero-order chi connectivity index (χ0) is 19.7. The molecule has 1 atom stereocenters. The van der Waals surface area contributed by atoms with E-state index in [1.54, 1.807) is 16.2 Å². The van der Waals surface area contributed by atoms with Crippen LogP contribution in [0.2, 0.25) is 0 Å². The van der Waals surface area contributed by atoms with E-state index < -0.39 is 0 Å². The normalized spacial score (nSPS) is 12.2. The zero-order valence-corrected chi connectivity index (χ0v) is 16.9. The fraction of sp³-hybridized carbons (Fsp3) is 0.227. The second-order valence-electron chi connectivity index (χ2n) is 6.77.